The first kappa shape index (κ1) is 13.4. The van der Waals surface area contributed by atoms with E-state index >= 15 is 0 Å². The molecule has 0 aromatic rings. The van der Waals surface area contributed by atoms with Crippen molar-refractivity contribution in [2.75, 3.05) is 19.6 Å². The Morgan fingerprint density at radius 3 is 2.35 bits per heavy atom. The van der Waals surface area contributed by atoms with Gasteiger partial charge in [-0.2, -0.15) is 0 Å². The van der Waals surface area contributed by atoms with Gasteiger partial charge in [0.1, 0.15) is 0 Å². The van der Waals surface area contributed by atoms with Gasteiger partial charge in [0.15, 0.2) is 0 Å². The van der Waals surface area contributed by atoms with Crippen LogP contribution in [0, 0.1) is 17.3 Å². The quantitative estimate of drug-likeness (QED) is 0.801. The minimum atomic E-state index is 0.306. The molecule has 1 saturated carbocycles. The van der Waals surface area contributed by atoms with Gasteiger partial charge in [-0.25, -0.2) is 0 Å². The van der Waals surface area contributed by atoms with Crippen LogP contribution in [0.15, 0.2) is 0 Å². The molecule has 0 amide bonds. The van der Waals surface area contributed by atoms with Crippen LogP contribution >= 0.6 is 0 Å². The first-order valence-electron chi connectivity index (χ1n) is 7.45. The lowest BCUT2D eigenvalue weighted by Gasteiger charge is -2.44. The van der Waals surface area contributed by atoms with Crippen molar-refractivity contribution in [2.24, 2.45) is 23.0 Å². The topological polar surface area (TPSA) is 29.3 Å². The van der Waals surface area contributed by atoms with Crippen LogP contribution in [-0.2, 0) is 0 Å². The fraction of sp³-hybridized carbons (Fsp3) is 1.00. The molecule has 2 fully saturated rings. The predicted molar refractivity (Wildman–Crippen MR) is 73.9 cm³/mol. The van der Waals surface area contributed by atoms with Crippen molar-refractivity contribution in [3.63, 3.8) is 0 Å². The molecule has 17 heavy (non-hydrogen) atoms. The minimum Gasteiger partial charge on any atom is -0.327 e. The molecule has 2 rings (SSSR count). The predicted octanol–water partition coefficient (Wildman–Crippen LogP) is 2.87. The van der Waals surface area contributed by atoms with Gasteiger partial charge < -0.3 is 10.6 Å². The zero-order valence-electron chi connectivity index (χ0n) is 11.9. The van der Waals surface area contributed by atoms with Crippen molar-refractivity contribution >= 4 is 0 Å². The van der Waals surface area contributed by atoms with E-state index in [9.17, 15) is 0 Å². The van der Waals surface area contributed by atoms with Gasteiger partial charge in [0, 0.05) is 19.1 Å². The summed E-state index contributed by atoms with van der Waals surface area (Å²) in [6.07, 6.45) is 6.97. The molecule has 0 bridgehead atoms. The van der Waals surface area contributed by atoms with Crippen molar-refractivity contribution in [1.82, 2.24) is 4.90 Å². The molecule has 1 atom stereocenters. The third-order valence-electron chi connectivity index (χ3n) is 5.04. The Hall–Kier alpha value is -0.0800. The Morgan fingerprint density at radius 1 is 1.12 bits per heavy atom. The molecule has 1 saturated heterocycles. The van der Waals surface area contributed by atoms with Crippen LogP contribution in [0.3, 0.4) is 0 Å². The number of nitrogens with two attached hydrogens (primary N) is 1. The smallest absolute Gasteiger partial charge is 0.0115 e. The second kappa shape index (κ2) is 5.27. The molecule has 0 aromatic carbocycles. The lowest BCUT2D eigenvalue weighted by atomic mass is 9.78. The van der Waals surface area contributed by atoms with Crippen LogP contribution in [-0.4, -0.2) is 30.6 Å². The van der Waals surface area contributed by atoms with Gasteiger partial charge in [-0.1, -0.05) is 33.6 Å². The van der Waals surface area contributed by atoms with E-state index in [1.54, 1.807) is 0 Å². The van der Waals surface area contributed by atoms with E-state index in [4.69, 9.17) is 5.73 Å². The molecule has 2 heteroatoms. The third kappa shape index (κ3) is 3.45. The van der Waals surface area contributed by atoms with E-state index in [2.05, 4.69) is 25.7 Å². The summed E-state index contributed by atoms with van der Waals surface area (Å²) < 4.78 is 0. The number of hydrogen-bond acceptors (Lipinski definition) is 2. The van der Waals surface area contributed by atoms with E-state index in [-0.39, 0.29) is 0 Å². The number of likely N-dealkylation sites (tertiary alicyclic amines) is 1. The normalized spacial score (nSPS) is 39.2. The zero-order chi connectivity index (χ0) is 12.5. The molecule has 0 aromatic heterocycles. The molecule has 100 valence electrons. The summed E-state index contributed by atoms with van der Waals surface area (Å²) in [6, 6.07) is 0.394. The molecule has 2 nitrogen and oxygen atoms in total. The van der Waals surface area contributed by atoms with E-state index in [1.807, 2.05) is 0 Å². The van der Waals surface area contributed by atoms with Crippen LogP contribution in [0.1, 0.15) is 52.9 Å². The summed E-state index contributed by atoms with van der Waals surface area (Å²) >= 11 is 0. The monoisotopic (exact) mass is 238 g/mol. The maximum atomic E-state index is 6.20. The van der Waals surface area contributed by atoms with Crippen LogP contribution in [0.25, 0.3) is 0 Å². The molecule has 1 aliphatic heterocycles. The zero-order valence-corrected chi connectivity index (χ0v) is 11.9. The molecular weight excluding hydrogens is 208 g/mol. The maximum Gasteiger partial charge on any atom is 0.0115 e. The summed E-state index contributed by atoms with van der Waals surface area (Å²) in [4.78, 5) is 2.67. The average Bonchev–Trinajstić information content (AvgIpc) is 2.26. The van der Waals surface area contributed by atoms with Gasteiger partial charge >= 0.3 is 0 Å². The van der Waals surface area contributed by atoms with Gasteiger partial charge in [-0.15, -0.1) is 0 Å². The van der Waals surface area contributed by atoms with Gasteiger partial charge in [0.05, 0.1) is 0 Å². The first-order valence-corrected chi connectivity index (χ1v) is 7.45. The minimum absolute atomic E-state index is 0.306. The number of hydrogen-bond donors (Lipinski definition) is 1. The molecule has 1 unspecified atom stereocenters. The van der Waals surface area contributed by atoms with E-state index in [0.29, 0.717) is 11.5 Å². The largest absolute Gasteiger partial charge is 0.327 e. The Bertz CT molecular complexity index is 241. The molecule has 2 aliphatic rings. The maximum absolute atomic E-state index is 6.20. The standard InChI is InChI=1S/C15H30N2/c1-12-4-6-13(7-5-12)10-17-9-8-14(16)15(2,3)11-17/h12-14H,4-11,16H2,1-3H3. The summed E-state index contributed by atoms with van der Waals surface area (Å²) in [5.74, 6) is 1.92. The second-order valence-electron chi connectivity index (χ2n) is 7.24. The van der Waals surface area contributed by atoms with E-state index in [0.717, 1.165) is 11.8 Å². The molecule has 0 radical (unpaired) electrons. The van der Waals surface area contributed by atoms with Gasteiger partial charge in [0.2, 0.25) is 0 Å². The summed E-state index contributed by atoms with van der Waals surface area (Å²) in [5.41, 5.74) is 6.51. The number of piperidine rings is 1. The highest BCUT2D eigenvalue weighted by Gasteiger charge is 2.34. The fourth-order valence-electron chi connectivity index (χ4n) is 3.52. The number of rotatable bonds is 2. The highest BCUT2D eigenvalue weighted by atomic mass is 15.1. The van der Waals surface area contributed by atoms with Crippen molar-refractivity contribution in [2.45, 2.75) is 58.9 Å². The van der Waals surface area contributed by atoms with Gasteiger partial charge in [-0.3, -0.25) is 0 Å². The summed E-state index contributed by atoms with van der Waals surface area (Å²) in [7, 11) is 0. The van der Waals surface area contributed by atoms with Crippen LogP contribution in [0.2, 0.25) is 0 Å². The van der Waals surface area contributed by atoms with Crippen LogP contribution < -0.4 is 5.73 Å². The molecule has 2 N–H and O–H groups in total. The lowest BCUT2D eigenvalue weighted by molar-refractivity contribution is 0.0732. The second-order valence-corrected chi connectivity index (χ2v) is 7.24. The molecule has 1 aliphatic carbocycles. The third-order valence-corrected chi connectivity index (χ3v) is 5.04. The SMILES string of the molecule is CC1CCC(CN2CCC(N)C(C)(C)C2)CC1. The van der Waals surface area contributed by atoms with Crippen LogP contribution in [0.5, 0.6) is 0 Å². The van der Waals surface area contributed by atoms with Crippen molar-refractivity contribution < 1.29 is 0 Å². The summed E-state index contributed by atoms with van der Waals surface area (Å²) in [5, 5.41) is 0. The fourth-order valence-corrected chi connectivity index (χ4v) is 3.52. The highest BCUT2D eigenvalue weighted by molar-refractivity contribution is 4.90. The van der Waals surface area contributed by atoms with Gasteiger partial charge in [-0.05, 0) is 43.1 Å². The summed E-state index contributed by atoms with van der Waals surface area (Å²) in [6.45, 7) is 10.8. The van der Waals surface area contributed by atoms with Crippen molar-refractivity contribution in [1.29, 1.82) is 0 Å². The molecule has 1 heterocycles. The van der Waals surface area contributed by atoms with Crippen LogP contribution in [0.4, 0.5) is 0 Å². The Labute approximate surface area is 107 Å². The van der Waals surface area contributed by atoms with E-state index < -0.39 is 0 Å². The van der Waals surface area contributed by atoms with Crippen molar-refractivity contribution in [3.8, 4) is 0 Å². The van der Waals surface area contributed by atoms with E-state index in [1.165, 1.54) is 51.7 Å². The first-order chi connectivity index (χ1) is 7.97. The Morgan fingerprint density at radius 2 is 1.76 bits per heavy atom. The number of nitrogens with zero attached hydrogens (tertiary/aromatic N) is 1. The molecular formula is C15H30N2. The van der Waals surface area contributed by atoms with Crippen molar-refractivity contribution in [3.05, 3.63) is 0 Å². The lowest BCUT2D eigenvalue weighted by Crippen LogP contribution is -2.53. The average molecular weight is 238 g/mol. The Kier molecular flexibility index (Phi) is 4.14. The Balaban J connectivity index is 1.80. The molecule has 0 spiro atoms. The van der Waals surface area contributed by atoms with Gasteiger partial charge in [0.25, 0.3) is 0 Å². The highest BCUT2D eigenvalue weighted by Crippen LogP contribution is 2.32.